The number of likely N-dealkylation sites (tertiary alicyclic amines) is 2. The van der Waals surface area contributed by atoms with Crippen molar-refractivity contribution in [2.45, 2.75) is 32.5 Å². The molecular formula is C25H27F3N4O4. The highest BCUT2D eigenvalue weighted by Gasteiger charge is 2.43. The fourth-order valence-electron chi connectivity index (χ4n) is 4.78. The van der Waals surface area contributed by atoms with E-state index >= 15 is 0 Å². The van der Waals surface area contributed by atoms with E-state index < -0.39 is 6.36 Å². The summed E-state index contributed by atoms with van der Waals surface area (Å²) in [5.74, 6) is -0.746. The molecule has 0 saturated carbocycles. The van der Waals surface area contributed by atoms with Crippen LogP contribution in [0.4, 0.5) is 29.3 Å². The SMILES string of the molecule is CC(=O)Nc1ccccc1C(=O)N1CCC2(CCN(C(=O)Nc3ccc(OC(F)(F)F)cc3)C2)CC1. The second-order valence-electron chi connectivity index (χ2n) is 9.19. The Balaban J connectivity index is 1.31. The lowest BCUT2D eigenvalue weighted by atomic mass is 9.77. The van der Waals surface area contributed by atoms with E-state index in [-0.39, 0.29) is 29.0 Å². The molecule has 4 amide bonds. The predicted octanol–water partition coefficient (Wildman–Crippen LogP) is 4.70. The molecule has 0 atom stereocenters. The van der Waals surface area contributed by atoms with Crippen molar-refractivity contribution in [1.82, 2.24) is 9.80 Å². The smallest absolute Gasteiger partial charge is 0.406 e. The molecular weight excluding hydrogens is 477 g/mol. The molecule has 2 aromatic carbocycles. The van der Waals surface area contributed by atoms with Crippen LogP contribution in [0.25, 0.3) is 0 Å². The lowest BCUT2D eigenvalue weighted by Gasteiger charge is -2.39. The molecule has 2 aliphatic rings. The van der Waals surface area contributed by atoms with Crippen LogP contribution in [0.1, 0.15) is 36.5 Å². The molecule has 0 aliphatic carbocycles. The van der Waals surface area contributed by atoms with Crippen LogP contribution < -0.4 is 15.4 Å². The first-order chi connectivity index (χ1) is 17.0. The van der Waals surface area contributed by atoms with Crippen molar-refractivity contribution in [3.8, 4) is 5.75 Å². The molecule has 8 nitrogen and oxygen atoms in total. The van der Waals surface area contributed by atoms with Gasteiger partial charge in [0.25, 0.3) is 5.91 Å². The molecule has 36 heavy (non-hydrogen) atoms. The number of piperidine rings is 1. The zero-order valence-electron chi connectivity index (χ0n) is 19.7. The van der Waals surface area contributed by atoms with Gasteiger partial charge in [0.05, 0.1) is 11.3 Å². The van der Waals surface area contributed by atoms with E-state index in [0.29, 0.717) is 43.1 Å². The van der Waals surface area contributed by atoms with Crippen LogP contribution in [-0.2, 0) is 4.79 Å². The zero-order chi connectivity index (χ0) is 25.9. The maximum atomic E-state index is 13.1. The lowest BCUT2D eigenvalue weighted by Crippen LogP contribution is -2.45. The minimum absolute atomic E-state index is 0.0876. The first-order valence-corrected chi connectivity index (χ1v) is 11.6. The van der Waals surface area contributed by atoms with Crippen LogP contribution in [0.2, 0.25) is 0 Å². The quantitative estimate of drug-likeness (QED) is 0.632. The topological polar surface area (TPSA) is 91.0 Å². The number of urea groups is 1. The molecule has 192 valence electrons. The van der Waals surface area contributed by atoms with Gasteiger partial charge in [-0.25, -0.2) is 4.79 Å². The maximum Gasteiger partial charge on any atom is 0.573 e. The number of nitrogens with zero attached hydrogens (tertiary/aromatic N) is 2. The van der Waals surface area contributed by atoms with E-state index in [1.165, 1.54) is 19.1 Å². The van der Waals surface area contributed by atoms with E-state index in [4.69, 9.17) is 0 Å². The summed E-state index contributed by atoms with van der Waals surface area (Å²) in [5, 5.41) is 5.42. The number of alkyl halides is 3. The molecule has 2 aliphatic heterocycles. The first kappa shape index (κ1) is 25.3. The van der Waals surface area contributed by atoms with Crippen molar-refractivity contribution in [2.24, 2.45) is 5.41 Å². The van der Waals surface area contributed by atoms with Crippen molar-refractivity contribution >= 4 is 29.2 Å². The molecule has 2 saturated heterocycles. The Bertz CT molecular complexity index is 1130. The zero-order valence-corrected chi connectivity index (χ0v) is 19.7. The number of rotatable bonds is 4. The van der Waals surface area contributed by atoms with Crippen LogP contribution in [-0.4, -0.2) is 60.2 Å². The highest BCUT2D eigenvalue weighted by molar-refractivity contribution is 6.03. The summed E-state index contributed by atoms with van der Waals surface area (Å²) >= 11 is 0. The molecule has 0 unspecified atom stereocenters. The van der Waals surface area contributed by atoms with Gasteiger partial charge in [-0.2, -0.15) is 0 Å². The van der Waals surface area contributed by atoms with E-state index in [0.717, 1.165) is 31.4 Å². The van der Waals surface area contributed by atoms with Gasteiger partial charge in [0.2, 0.25) is 5.91 Å². The Kier molecular flexibility index (Phi) is 7.09. The van der Waals surface area contributed by atoms with Gasteiger partial charge >= 0.3 is 12.4 Å². The van der Waals surface area contributed by atoms with Crippen molar-refractivity contribution < 1.29 is 32.3 Å². The Morgan fingerprint density at radius 1 is 0.889 bits per heavy atom. The van der Waals surface area contributed by atoms with Crippen LogP contribution >= 0.6 is 0 Å². The fourth-order valence-corrected chi connectivity index (χ4v) is 4.78. The number of ether oxygens (including phenoxy) is 1. The predicted molar refractivity (Wildman–Crippen MR) is 127 cm³/mol. The highest BCUT2D eigenvalue weighted by Crippen LogP contribution is 2.41. The summed E-state index contributed by atoms with van der Waals surface area (Å²) < 4.78 is 40.8. The molecule has 2 N–H and O–H groups in total. The fraction of sp³-hybridized carbons (Fsp3) is 0.400. The summed E-state index contributed by atoms with van der Waals surface area (Å²) in [6.07, 6.45) is -2.48. The number of carbonyl (C=O) groups excluding carboxylic acids is 3. The van der Waals surface area contributed by atoms with Crippen molar-refractivity contribution in [3.63, 3.8) is 0 Å². The largest absolute Gasteiger partial charge is 0.573 e. The molecule has 1 spiro atoms. The van der Waals surface area contributed by atoms with Crippen LogP contribution in [0.3, 0.4) is 0 Å². The van der Waals surface area contributed by atoms with Gasteiger partial charge in [0.15, 0.2) is 0 Å². The molecule has 0 aromatic heterocycles. The van der Waals surface area contributed by atoms with Gasteiger partial charge < -0.3 is 25.2 Å². The normalized spacial score (nSPS) is 17.1. The molecule has 2 fully saturated rings. The monoisotopic (exact) mass is 504 g/mol. The number of benzene rings is 2. The average molecular weight is 505 g/mol. The van der Waals surface area contributed by atoms with E-state index in [1.807, 2.05) is 0 Å². The number of hydrogen-bond donors (Lipinski definition) is 2. The molecule has 0 radical (unpaired) electrons. The number of carbonyl (C=O) groups is 3. The number of nitrogens with one attached hydrogen (secondary N) is 2. The molecule has 0 bridgehead atoms. The Hall–Kier alpha value is -3.76. The summed E-state index contributed by atoms with van der Waals surface area (Å²) in [7, 11) is 0. The summed E-state index contributed by atoms with van der Waals surface area (Å²) in [6.45, 7) is 3.58. The van der Waals surface area contributed by atoms with E-state index in [1.54, 1.807) is 34.1 Å². The Morgan fingerprint density at radius 2 is 1.50 bits per heavy atom. The minimum Gasteiger partial charge on any atom is -0.406 e. The minimum atomic E-state index is -4.77. The lowest BCUT2D eigenvalue weighted by molar-refractivity contribution is -0.274. The third kappa shape index (κ3) is 6.07. The number of hydrogen-bond acceptors (Lipinski definition) is 4. The molecule has 2 aromatic rings. The third-order valence-corrected chi connectivity index (χ3v) is 6.64. The second-order valence-corrected chi connectivity index (χ2v) is 9.19. The van der Waals surface area contributed by atoms with Gasteiger partial charge in [0, 0.05) is 38.8 Å². The van der Waals surface area contributed by atoms with Gasteiger partial charge in [-0.3, -0.25) is 9.59 Å². The molecule has 11 heteroatoms. The highest BCUT2D eigenvalue weighted by atomic mass is 19.4. The number of para-hydroxylation sites is 1. The summed E-state index contributed by atoms with van der Waals surface area (Å²) in [5.41, 5.74) is 1.21. The maximum absolute atomic E-state index is 13.1. The second kappa shape index (κ2) is 10.1. The van der Waals surface area contributed by atoms with Crippen LogP contribution in [0.15, 0.2) is 48.5 Å². The standard InChI is InChI=1S/C25H27F3N4O4/c1-17(33)29-21-5-3-2-4-20(21)22(34)31-13-10-24(11-14-31)12-15-32(16-24)23(35)30-18-6-8-19(9-7-18)36-25(26,27)28/h2-9H,10-16H2,1H3,(H,29,33)(H,30,35). The Labute approximate surface area is 206 Å². The summed E-state index contributed by atoms with van der Waals surface area (Å²) in [6, 6.07) is 11.6. The van der Waals surface area contributed by atoms with Crippen molar-refractivity contribution in [3.05, 3.63) is 54.1 Å². The van der Waals surface area contributed by atoms with Crippen molar-refractivity contribution in [2.75, 3.05) is 36.8 Å². The summed E-state index contributed by atoms with van der Waals surface area (Å²) in [4.78, 5) is 40.8. The van der Waals surface area contributed by atoms with Gasteiger partial charge in [-0.15, -0.1) is 13.2 Å². The van der Waals surface area contributed by atoms with Gasteiger partial charge in [-0.05, 0) is 61.1 Å². The van der Waals surface area contributed by atoms with Crippen molar-refractivity contribution in [1.29, 1.82) is 0 Å². The molecule has 2 heterocycles. The Morgan fingerprint density at radius 3 is 2.11 bits per heavy atom. The number of amides is 4. The van der Waals surface area contributed by atoms with Crippen LogP contribution in [0.5, 0.6) is 5.75 Å². The average Bonchev–Trinajstić information content (AvgIpc) is 3.23. The number of halogens is 3. The van der Waals surface area contributed by atoms with E-state index in [2.05, 4.69) is 15.4 Å². The third-order valence-electron chi connectivity index (χ3n) is 6.64. The van der Waals surface area contributed by atoms with Gasteiger partial charge in [0.1, 0.15) is 5.75 Å². The van der Waals surface area contributed by atoms with Crippen LogP contribution in [0, 0.1) is 5.41 Å². The van der Waals surface area contributed by atoms with Gasteiger partial charge in [-0.1, -0.05) is 12.1 Å². The first-order valence-electron chi connectivity index (χ1n) is 11.6. The van der Waals surface area contributed by atoms with E-state index in [9.17, 15) is 27.6 Å². The number of anilines is 2. The molecule has 4 rings (SSSR count).